The number of carbonyl (C=O) groups is 1. The molecule has 0 atom stereocenters. The van der Waals surface area contributed by atoms with Crippen molar-refractivity contribution in [3.05, 3.63) is 72.4 Å². The van der Waals surface area contributed by atoms with Crippen LogP contribution in [0.5, 0.6) is 0 Å². The van der Waals surface area contributed by atoms with Gasteiger partial charge in [-0.15, -0.1) is 0 Å². The molecule has 1 N–H and O–H groups in total. The van der Waals surface area contributed by atoms with Gasteiger partial charge in [0.25, 0.3) is 0 Å². The van der Waals surface area contributed by atoms with Crippen LogP contribution in [-0.2, 0) is 11.2 Å². The van der Waals surface area contributed by atoms with Crippen LogP contribution in [0.2, 0.25) is 0 Å². The topological polar surface area (TPSA) is 42.0 Å². The van der Waals surface area contributed by atoms with Gasteiger partial charge in [0.2, 0.25) is 5.91 Å². The number of benzene rings is 2. The minimum absolute atomic E-state index is 0.135. The number of carbonyl (C=O) groups excluding carboxylic acids is 1. The first-order valence-electron chi connectivity index (χ1n) is 9.85. The van der Waals surface area contributed by atoms with Crippen molar-refractivity contribution in [3.63, 3.8) is 0 Å². The molecule has 2 aromatic carbocycles. The zero-order chi connectivity index (χ0) is 18.7. The van der Waals surface area contributed by atoms with Crippen LogP contribution in [0, 0.1) is 11.3 Å². The first kappa shape index (κ1) is 17.7. The molecule has 3 aromatic rings. The summed E-state index contributed by atoms with van der Waals surface area (Å²) in [5.41, 5.74) is 2.63. The second-order valence-electron chi connectivity index (χ2n) is 8.00. The molecule has 1 amide bonds. The van der Waals surface area contributed by atoms with E-state index in [4.69, 9.17) is 0 Å². The Kier molecular flexibility index (Phi) is 4.93. The third kappa shape index (κ3) is 3.87. The number of amides is 1. The minimum atomic E-state index is -0.334. The highest BCUT2D eigenvalue weighted by Gasteiger charge is 2.41. The molecule has 4 rings (SSSR count). The Morgan fingerprint density at radius 2 is 1.78 bits per heavy atom. The summed E-state index contributed by atoms with van der Waals surface area (Å²) in [6.45, 7) is 2.29. The van der Waals surface area contributed by atoms with E-state index in [0.29, 0.717) is 5.92 Å². The minimum Gasteiger partial charge on any atom is -0.324 e. The van der Waals surface area contributed by atoms with Gasteiger partial charge in [-0.2, -0.15) is 0 Å². The summed E-state index contributed by atoms with van der Waals surface area (Å²) in [4.78, 5) is 17.9. The number of hydrogen-bond acceptors (Lipinski definition) is 2. The smallest absolute Gasteiger partial charge is 0.230 e. The average Bonchev–Trinajstić information content (AvgIpc) is 2.70. The average molecular weight is 358 g/mol. The van der Waals surface area contributed by atoms with Gasteiger partial charge in [-0.05, 0) is 55.7 Å². The lowest BCUT2D eigenvalue weighted by molar-refractivity contribution is -0.127. The fraction of sp³-hybridized carbons (Fsp3) is 0.333. The van der Waals surface area contributed by atoms with Crippen molar-refractivity contribution in [2.75, 3.05) is 5.32 Å². The standard InChI is InChI=1S/C24H26N2O/c1-18-11-13-24(14-12-18,16-19-7-3-2-4-8-19)23(27)26-21-15-20-9-5-6-10-22(20)25-17-21/h2-10,15,17-18H,11-14,16H2,1H3,(H,26,27). The molecule has 0 aliphatic heterocycles. The summed E-state index contributed by atoms with van der Waals surface area (Å²) in [7, 11) is 0. The van der Waals surface area contributed by atoms with Gasteiger partial charge in [0, 0.05) is 5.39 Å². The van der Waals surface area contributed by atoms with Crippen molar-refractivity contribution >= 4 is 22.5 Å². The molecule has 27 heavy (non-hydrogen) atoms. The van der Waals surface area contributed by atoms with Crippen LogP contribution in [0.1, 0.15) is 38.2 Å². The van der Waals surface area contributed by atoms with Crippen LogP contribution in [0.15, 0.2) is 66.9 Å². The van der Waals surface area contributed by atoms with Gasteiger partial charge in [0.1, 0.15) is 0 Å². The van der Waals surface area contributed by atoms with E-state index in [1.807, 2.05) is 36.4 Å². The normalized spacial score (nSPS) is 22.5. The Labute approximate surface area is 160 Å². The molecule has 0 saturated heterocycles. The molecule has 1 aromatic heterocycles. The van der Waals surface area contributed by atoms with Crippen LogP contribution in [0.25, 0.3) is 10.9 Å². The molecule has 3 nitrogen and oxygen atoms in total. The molecular weight excluding hydrogens is 332 g/mol. The lowest BCUT2D eigenvalue weighted by atomic mass is 9.67. The number of nitrogens with zero attached hydrogens (tertiary/aromatic N) is 1. The monoisotopic (exact) mass is 358 g/mol. The van der Waals surface area contributed by atoms with Gasteiger partial charge in [-0.1, -0.05) is 55.5 Å². The summed E-state index contributed by atoms with van der Waals surface area (Å²) in [5.74, 6) is 0.833. The summed E-state index contributed by atoms with van der Waals surface area (Å²) in [6.07, 6.45) is 6.66. The number of fused-ring (bicyclic) bond motifs is 1. The largest absolute Gasteiger partial charge is 0.324 e. The molecule has 1 aliphatic rings. The second-order valence-corrected chi connectivity index (χ2v) is 8.00. The maximum Gasteiger partial charge on any atom is 0.230 e. The van der Waals surface area contributed by atoms with Crippen molar-refractivity contribution in [2.45, 2.75) is 39.0 Å². The molecule has 0 unspecified atom stereocenters. The Morgan fingerprint density at radius 3 is 2.56 bits per heavy atom. The number of para-hydroxylation sites is 1. The molecule has 1 fully saturated rings. The number of aromatic nitrogens is 1. The number of nitrogens with one attached hydrogen (secondary N) is 1. The molecule has 0 spiro atoms. The molecule has 0 radical (unpaired) electrons. The lowest BCUT2D eigenvalue weighted by Gasteiger charge is -2.38. The van der Waals surface area contributed by atoms with E-state index in [1.165, 1.54) is 5.56 Å². The van der Waals surface area contributed by atoms with Crippen molar-refractivity contribution in [3.8, 4) is 0 Å². The molecule has 3 heteroatoms. The lowest BCUT2D eigenvalue weighted by Crippen LogP contribution is -2.41. The maximum absolute atomic E-state index is 13.4. The van der Waals surface area contributed by atoms with E-state index >= 15 is 0 Å². The highest BCUT2D eigenvalue weighted by Crippen LogP contribution is 2.42. The third-order valence-electron chi connectivity index (χ3n) is 5.95. The summed E-state index contributed by atoms with van der Waals surface area (Å²) < 4.78 is 0. The molecule has 0 bridgehead atoms. The van der Waals surface area contributed by atoms with Crippen molar-refractivity contribution < 1.29 is 4.79 Å². The van der Waals surface area contributed by atoms with Gasteiger partial charge in [-0.3, -0.25) is 9.78 Å². The Hall–Kier alpha value is -2.68. The number of rotatable bonds is 4. The highest BCUT2D eigenvalue weighted by molar-refractivity contribution is 5.97. The van der Waals surface area contributed by atoms with Crippen LogP contribution in [0.4, 0.5) is 5.69 Å². The zero-order valence-corrected chi connectivity index (χ0v) is 15.8. The second kappa shape index (κ2) is 7.51. The summed E-state index contributed by atoms with van der Waals surface area (Å²) >= 11 is 0. The van der Waals surface area contributed by atoms with Crippen molar-refractivity contribution in [1.29, 1.82) is 0 Å². The Balaban J connectivity index is 1.59. The van der Waals surface area contributed by atoms with E-state index in [1.54, 1.807) is 6.20 Å². The first-order valence-corrected chi connectivity index (χ1v) is 9.85. The van der Waals surface area contributed by atoms with Gasteiger partial charge < -0.3 is 5.32 Å². The molecule has 1 aliphatic carbocycles. The van der Waals surface area contributed by atoms with Gasteiger partial charge in [0.05, 0.1) is 22.8 Å². The predicted molar refractivity (Wildman–Crippen MR) is 111 cm³/mol. The van der Waals surface area contributed by atoms with Crippen molar-refractivity contribution in [2.24, 2.45) is 11.3 Å². The number of pyridine rings is 1. The predicted octanol–water partition coefficient (Wildman–Crippen LogP) is 5.61. The van der Waals surface area contributed by atoms with E-state index in [9.17, 15) is 4.79 Å². The highest BCUT2D eigenvalue weighted by atomic mass is 16.2. The Bertz CT molecular complexity index is 927. The SMILES string of the molecule is CC1CCC(Cc2ccccc2)(C(=O)Nc2cnc3ccccc3c2)CC1. The third-order valence-corrected chi connectivity index (χ3v) is 5.95. The van der Waals surface area contributed by atoms with Gasteiger partial charge in [0.15, 0.2) is 0 Å². The summed E-state index contributed by atoms with van der Waals surface area (Å²) in [6, 6.07) is 20.4. The zero-order valence-electron chi connectivity index (χ0n) is 15.8. The van der Waals surface area contributed by atoms with E-state index in [0.717, 1.165) is 48.7 Å². The molecular formula is C24H26N2O. The number of hydrogen-bond donors (Lipinski definition) is 1. The van der Waals surface area contributed by atoms with Gasteiger partial charge in [-0.25, -0.2) is 0 Å². The summed E-state index contributed by atoms with van der Waals surface area (Å²) in [5, 5.41) is 4.22. The van der Waals surface area contributed by atoms with E-state index in [2.05, 4.69) is 41.5 Å². The van der Waals surface area contributed by atoms with E-state index in [-0.39, 0.29) is 11.3 Å². The molecule has 1 heterocycles. The van der Waals surface area contributed by atoms with E-state index < -0.39 is 0 Å². The van der Waals surface area contributed by atoms with Crippen LogP contribution >= 0.6 is 0 Å². The fourth-order valence-corrected chi connectivity index (χ4v) is 4.19. The first-order chi connectivity index (χ1) is 13.1. The van der Waals surface area contributed by atoms with Crippen LogP contribution in [-0.4, -0.2) is 10.9 Å². The van der Waals surface area contributed by atoms with Crippen LogP contribution < -0.4 is 5.32 Å². The van der Waals surface area contributed by atoms with Crippen molar-refractivity contribution in [1.82, 2.24) is 4.98 Å². The maximum atomic E-state index is 13.4. The van der Waals surface area contributed by atoms with Gasteiger partial charge >= 0.3 is 0 Å². The number of anilines is 1. The molecule has 138 valence electrons. The van der Waals surface area contributed by atoms with Crippen LogP contribution in [0.3, 0.4) is 0 Å². The quantitative estimate of drug-likeness (QED) is 0.658. The molecule has 1 saturated carbocycles. The Morgan fingerprint density at radius 1 is 1.07 bits per heavy atom. The fourth-order valence-electron chi connectivity index (χ4n) is 4.19.